The molecule has 0 saturated carbocycles. The zero-order chi connectivity index (χ0) is 17.1. The molecular formula is C16H26N2O3S. The van der Waals surface area contributed by atoms with E-state index in [9.17, 15) is 13.2 Å². The van der Waals surface area contributed by atoms with Crippen LogP contribution in [0.4, 0.5) is 4.79 Å². The Morgan fingerprint density at radius 2 is 1.59 bits per heavy atom. The SMILES string of the molecule is CC(C)C(C)NC(=O)N(C)C(C)c1ccc(S(C)(=O)=O)cc1. The van der Waals surface area contributed by atoms with Crippen molar-refractivity contribution in [2.45, 2.75) is 44.7 Å². The molecule has 0 bridgehead atoms. The Kier molecular flexibility index (Phi) is 6.00. The molecule has 0 aliphatic rings. The number of benzene rings is 1. The van der Waals surface area contributed by atoms with Crippen molar-refractivity contribution in [3.05, 3.63) is 29.8 Å². The second-order valence-electron chi connectivity index (χ2n) is 6.11. The van der Waals surface area contributed by atoms with Gasteiger partial charge in [-0.05, 0) is 37.5 Å². The summed E-state index contributed by atoms with van der Waals surface area (Å²) in [6.45, 7) is 7.99. The molecule has 0 aromatic heterocycles. The van der Waals surface area contributed by atoms with Gasteiger partial charge in [-0.2, -0.15) is 0 Å². The van der Waals surface area contributed by atoms with E-state index in [4.69, 9.17) is 0 Å². The van der Waals surface area contributed by atoms with Crippen LogP contribution >= 0.6 is 0 Å². The van der Waals surface area contributed by atoms with Crippen molar-refractivity contribution in [3.8, 4) is 0 Å². The first-order chi connectivity index (χ1) is 10.0. The minimum absolute atomic E-state index is 0.0924. The molecule has 6 heteroatoms. The molecule has 2 amide bonds. The number of hydrogen-bond donors (Lipinski definition) is 1. The summed E-state index contributed by atoms with van der Waals surface area (Å²) in [6, 6.07) is 6.45. The summed E-state index contributed by atoms with van der Waals surface area (Å²) in [5, 5.41) is 2.96. The van der Waals surface area contributed by atoms with E-state index in [1.165, 1.54) is 6.26 Å². The Bertz CT molecular complexity index is 609. The number of amides is 2. The lowest BCUT2D eigenvalue weighted by atomic mass is 10.1. The van der Waals surface area contributed by atoms with Crippen LogP contribution < -0.4 is 5.32 Å². The summed E-state index contributed by atoms with van der Waals surface area (Å²) in [7, 11) is -1.47. The quantitative estimate of drug-likeness (QED) is 0.905. The van der Waals surface area contributed by atoms with Gasteiger partial charge >= 0.3 is 6.03 Å². The maximum absolute atomic E-state index is 12.2. The number of rotatable bonds is 5. The van der Waals surface area contributed by atoms with Crippen LogP contribution in [-0.2, 0) is 9.84 Å². The van der Waals surface area contributed by atoms with Gasteiger partial charge in [0.15, 0.2) is 9.84 Å². The smallest absolute Gasteiger partial charge is 0.317 e. The molecule has 22 heavy (non-hydrogen) atoms. The number of carbonyl (C=O) groups is 1. The molecular weight excluding hydrogens is 300 g/mol. The van der Waals surface area contributed by atoms with Crippen LogP contribution in [0.2, 0.25) is 0 Å². The lowest BCUT2D eigenvalue weighted by molar-refractivity contribution is 0.188. The van der Waals surface area contributed by atoms with Gasteiger partial charge in [0.05, 0.1) is 10.9 Å². The van der Waals surface area contributed by atoms with Gasteiger partial charge in [0.25, 0.3) is 0 Å². The zero-order valence-corrected chi connectivity index (χ0v) is 14.9. The zero-order valence-electron chi connectivity index (χ0n) is 14.1. The normalized spacial score (nSPS) is 14.5. The van der Waals surface area contributed by atoms with Crippen LogP contribution in [0.25, 0.3) is 0 Å². The largest absolute Gasteiger partial charge is 0.335 e. The average Bonchev–Trinajstić information content (AvgIpc) is 2.44. The molecule has 1 rings (SSSR count). The summed E-state index contributed by atoms with van der Waals surface area (Å²) in [4.78, 5) is 14.1. The van der Waals surface area contributed by atoms with Crippen LogP contribution in [0.1, 0.15) is 39.3 Å². The van der Waals surface area contributed by atoms with Crippen molar-refractivity contribution >= 4 is 15.9 Å². The van der Waals surface area contributed by atoms with Gasteiger partial charge in [-0.15, -0.1) is 0 Å². The van der Waals surface area contributed by atoms with Crippen molar-refractivity contribution < 1.29 is 13.2 Å². The Morgan fingerprint density at radius 1 is 1.09 bits per heavy atom. The average molecular weight is 326 g/mol. The molecule has 2 unspecified atom stereocenters. The fourth-order valence-corrected chi connectivity index (χ4v) is 2.49. The molecule has 0 fully saturated rings. The number of nitrogens with zero attached hydrogens (tertiary/aromatic N) is 1. The molecule has 0 aliphatic heterocycles. The fraction of sp³-hybridized carbons (Fsp3) is 0.562. The van der Waals surface area contributed by atoms with Gasteiger partial charge < -0.3 is 10.2 Å². The first kappa shape index (κ1) is 18.5. The Labute approximate surface area is 133 Å². The third-order valence-electron chi connectivity index (χ3n) is 4.04. The highest BCUT2D eigenvalue weighted by Crippen LogP contribution is 2.21. The van der Waals surface area contributed by atoms with Crippen LogP contribution in [0.3, 0.4) is 0 Å². The molecule has 1 aromatic carbocycles. The molecule has 0 saturated heterocycles. The third-order valence-corrected chi connectivity index (χ3v) is 5.17. The molecule has 124 valence electrons. The van der Waals surface area contributed by atoms with E-state index >= 15 is 0 Å². The van der Waals surface area contributed by atoms with Gasteiger partial charge in [-0.3, -0.25) is 0 Å². The van der Waals surface area contributed by atoms with Crippen LogP contribution in [0, 0.1) is 5.92 Å². The molecule has 2 atom stereocenters. The second kappa shape index (κ2) is 7.13. The van der Waals surface area contributed by atoms with E-state index in [0.29, 0.717) is 5.92 Å². The van der Waals surface area contributed by atoms with Gasteiger partial charge in [0.1, 0.15) is 0 Å². The minimum Gasteiger partial charge on any atom is -0.335 e. The Hall–Kier alpha value is -1.56. The first-order valence-corrected chi connectivity index (χ1v) is 9.26. The summed E-state index contributed by atoms with van der Waals surface area (Å²) in [5.41, 5.74) is 0.891. The van der Waals surface area contributed by atoms with Crippen LogP contribution in [0.15, 0.2) is 29.2 Å². The molecule has 0 aliphatic carbocycles. The number of nitrogens with one attached hydrogen (secondary N) is 1. The number of urea groups is 1. The standard InChI is InChI=1S/C16H26N2O3S/c1-11(2)12(3)17-16(19)18(5)13(4)14-7-9-15(10-8-14)22(6,20)21/h7-13H,1-6H3,(H,17,19). The highest BCUT2D eigenvalue weighted by molar-refractivity contribution is 7.90. The first-order valence-electron chi connectivity index (χ1n) is 7.37. The maximum atomic E-state index is 12.2. The molecule has 5 nitrogen and oxygen atoms in total. The van der Waals surface area contributed by atoms with Crippen LogP contribution in [0.5, 0.6) is 0 Å². The van der Waals surface area contributed by atoms with E-state index in [0.717, 1.165) is 5.56 Å². The Balaban J connectivity index is 2.82. The summed E-state index contributed by atoms with van der Waals surface area (Å²) in [6.07, 6.45) is 1.18. The highest BCUT2D eigenvalue weighted by Gasteiger charge is 2.20. The second-order valence-corrected chi connectivity index (χ2v) is 8.13. The third kappa shape index (κ3) is 4.73. The Morgan fingerprint density at radius 3 is 2.00 bits per heavy atom. The lowest BCUT2D eigenvalue weighted by Crippen LogP contribution is -2.44. The molecule has 0 radical (unpaired) electrons. The van der Waals surface area contributed by atoms with Crippen molar-refractivity contribution in [2.75, 3.05) is 13.3 Å². The molecule has 0 spiro atoms. The van der Waals surface area contributed by atoms with Gasteiger partial charge in [-0.1, -0.05) is 26.0 Å². The maximum Gasteiger partial charge on any atom is 0.317 e. The fourth-order valence-electron chi connectivity index (χ4n) is 1.86. The van der Waals surface area contributed by atoms with E-state index < -0.39 is 9.84 Å². The topological polar surface area (TPSA) is 66.5 Å². The predicted molar refractivity (Wildman–Crippen MR) is 88.6 cm³/mol. The van der Waals surface area contributed by atoms with Gasteiger partial charge in [0, 0.05) is 19.3 Å². The van der Waals surface area contributed by atoms with Crippen molar-refractivity contribution in [2.24, 2.45) is 5.92 Å². The summed E-state index contributed by atoms with van der Waals surface area (Å²) < 4.78 is 22.9. The highest BCUT2D eigenvalue weighted by atomic mass is 32.2. The van der Waals surface area contributed by atoms with E-state index in [1.54, 1.807) is 36.2 Å². The van der Waals surface area contributed by atoms with E-state index in [1.807, 2.05) is 13.8 Å². The monoisotopic (exact) mass is 326 g/mol. The predicted octanol–water partition coefficient (Wildman–Crippen LogP) is 2.84. The van der Waals surface area contributed by atoms with Crippen molar-refractivity contribution in [1.82, 2.24) is 10.2 Å². The van der Waals surface area contributed by atoms with Crippen LogP contribution in [-0.4, -0.2) is 38.7 Å². The van der Waals surface area contributed by atoms with Gasteiger partial charge in [0.2, 0.25) is 0 Å². The van der Waals surface area contributed by atoms with Gasteiger partial charge in [-0.25, -0.2) is 13.2 Å². The minimum atomic E-state index is -3.20. The summed E-state index contributed by atoms with van der Waals surface area (Å²) in [5.74, 6) is 0.363. The molecule has 1 aromatic rings. The van der Waals surface area contributed by atoms with Crippen molar-refractivity contribution in [3.63, 3.8) is 0 Å². The summed E-state index contributed by atoms with van der Waals surface area (Å²) >= 11 is 0. The number of sulfone groups is 1. The lowest BCUT2D eigenvalue weighted by Gasteiger charge is -2.28. The number of carbonyl (C=O) groups excluding carboxylic acids is 1. The molecule has 0 heterocycles. The molecule has 1 N–H and O–H groups in total. The van der Waals surface area contributed by atoms with Crippen molar-refractivity contribution in [1.29, 1.82) is 0 Å². The van der Waals surface area contributed by atoms with E-state index in [-0.39, 0.29) is 23.0 Å². The number of hydrogen-bond acceptors (Lipinski definition) is 3. The van der Waals surface area contributed by atoms with E-state index in [2.05, 4.69) is 19.2 Å².